The zero-order valence-electron chi connectivity index (χ0n) is 7.97. The summed E-state index contributed by atoms with van der Waals surface area (Å²) in [6, 6.07) is -1.04. The van der Waals surface area contributed by atoms with Gasteiger partial charge in [-0.15, -0.1) is 0 Å². The third-order valence-corrected chi connectivity index (χ3v) is 2.36. The molecule has 0 bridgehead atoms. The zero-order valence-corrected chi connectivity index (χ0v) is 7.97. The first-order valence-electron chi connectivity index (χ1n) is 4.53. The van der Waals surface area contributed by atoms with Crippen LogP contribution in [0, 0.1) is 0 Å². The largest absolute Gasteiger partial charge is 0.395 e. The van der Waals surface area contributed by atoms with Gasteiger partial charge in [-0.2, -0.15) is 0 Å². The number of carbonyl (C=O) groups excluding carboxylic acids is 1. The van der Waals surface area contributed by atoms with Crippen molar-refractivity contribution in [3.05, 3.63) is 0 Å². The lowest BCUT2D eigenvalue weighted by molar-refractivity contribution is -0.122. The van der Waals surface area contributed by atoms with Crippen LogP contribution in [0.15, 0.2) is 0 Å². The standard InChI is InChI=1S/C8H16N2O4/c1-4(12)10-5-2-9-6(3-11)8(14)7(5)13/h5-9,11,13-14H,2-3H2,1H3,(H,10,12)/t5-,6+,7+,8-/m0/s1. The van der Waals surface area contributed by atoms with Crippen LogP contribution >= 0.6 is 0 Å². The number of nitrogens with one attached hydrogen (secondary N) is 2. The van der Waals surface area contributed by atoms with Crippen LogP contribution < -0.4 is 10.6 Å². The second-order valence-corrected chi connectivity index (χ2v) is 3.49. The fourth-order valence-corrected chi connectivity index (χ4v) is 1.57. The van der Waals surface area contributed by atoms with Gasteiger partial charge in [-0.1, -0.05) is 0 Å². The number of aliphatic hydroxyl groups excluding tert-OH is 3. The highest BCUT2D eigenvalue weighted by atomic mass is 16.3. The van der Waals surface area contributed by atoms with Crippen LogP contribution in [0.4, 0.5) is 0 Å². The highest BCUT2D eigenvalue weighted by Gasteiger charge is 2.36. The number of amides is 1. The summed E-state index contributed by atoms with van der Waals surface area (Å²) >= 11 is 0. The topological polar surface area (TPSA) is 102 Å². The van der Waals surface area contributed by atoms with Crippen LogP contribution in [0.1, 0.15) is 6.92 Å². The zero-order chi connectivity index (χ0) is 10.7. The first-order chi connectivity index (χ1) is 6.56. The maximum Gasteiger partial charge on any atom is 0.217 e. The first-order valence-corrected chi connectivity index (χ1v) is 4.53. The van der Waals surface area contributed by atoms with Gasteiger partial charge in [0.15, 0.2) is 0 Å². The molecule has 6 nitrogen and oxygen atoms in total. The number of carbonyl (C=O) groups is 1. The Morgan fingerprint density at radius 2 is 2.14 bits per heavy atom. The van der Waals surface area contributed by atoms with Gasteiger partial charge in [0.25, 0.3) is 0 Å². The normalized spacial score (nSPS) is 38.0. The van der Waals surface area contributed by atoms with Crippen molar-refractivity contribution in [1.82, 2.24) is 10.6 Å². The van der Waals surface area contributed by atoms with Crippen molar-refractivity contribution >= 4 is 5.91 Å². The Morgan fingerprint density at radius 3 is 2.64 bits per heavy atom. The molecule has 1 amide bonds. The van der Waals surface area contributed by atoms with Gasteiger partial charge in [-0.05, 0) is 0 Å². The predicted octanol–water partition coefficient (Wildman–Crippen LogP) is -2.82. The second-order valence-electron chi connectivity index (χ2n) is 3.49. The highest BCUT2D eigenvalue weighted by molar-refractivity contribution is 5.73. The molecular formula is C8H16N2O4. The highest BCUT2D eigenvalue weighted by Crippen LogP contribution is 2.10. The quantitative estimate of drug-likeness (QED) is 0.334. The minimum Gasteiger partial charge on any atom is -0.395 e. The predicted molar refractivity (Wildman–Crippen MR) is 48.5 cm³/mol. The summed E-state index contributed by atoms with van der Waals surface area (Å²) in [5, 5.41) is 33.2. The number of hydrogen-bond acceptors (Lipinski definition) is 5. The molecule has 1 saturated heterocycles. The molecule has 4 atom stereocenters. The Hall–Kier alpha value is -0.690. The van der Waals surface area contributed by atoms with Crippen molar-refractivity contribution in [2.75, 3.05) is 13.2 Å². The van der Waals surface area contributed by atoms with Gasteiger partial charge in [-0.3, -0.25) is 4.79 Å². The van der Waals surface area contributed by atoms with Gasteiger partial charge in [-0.25, -0.2) is 0 Å². The van der Waals surface area contributed by atoms with Crippen LogP contribution in [0.2, 0.25) is 0 Å². The second kappa shape index (κ2) is 4.70. The lowest BCUT2D eigenvalue weighted by atomic mass is 9.94. The molecule has 0 aliphatic carbocycles. The number of hydrogen-bond donors (Lipinski definition) is 5. The van der Waals surface area contributed by atoms with Gasteiger partial charge >= 0.3 is 0 Å². The van der Waals surface area contributed by atoms with Gasteiger partial charge in [0.2, 0.25) is 5.91 Å². The minimum absolute atomic E-state index is 0.245. The van der Waals surface area contributed by atoms with E-state index < -0.39 is 24.3 Å². The molecule has 1 heterocycles. The lowest BCUT2D eigenvalue weighted by Crippen LogP contribution is -2.65. The fourth-order valence-electron chi connectivity index (χ4n) is 1.57. The van der Waals surface area contributed by atoms with Crippen LogP contribution in [0.3, 0.4) is 0 Å². The van der Waals surface area contributed by atoms with Crippen molar-refractivity contribution in [3.63, 3.8) is 0 Å². The SMILES string of the molecule is CC(=O)N[C@H]1CN[C@H](CO)[C@H](O)[C@@H]1O. The molecule has 0 saturated carbocycles. The molecular weight excluding hydrogens is 188 g/mol. The van der Waals surface area contributed by atoms with E-state index in [-0.39, 0.29) is 12.5 Å². The molecule has 0 aromatic carbocycles. The van der Waals surface area contributed by atoms with E-state index in [0.717, 1.165) is 0 Å². The van der Waals surface area contributed by atoms with Crippen molar-refractivity contribution in [3.8, 4) is 0 Å². The maximum absolute atomic E-state index is 10.7. The molecule has 0 spiro atoms. The molecule has 1 aliphatic rings. The van der Waals surface area contributed by atoms with E-state index in [9.17, 15) is 15.0 Å². The van der Waals surface area contributed by atoms with Crippen molar-refractivity contribution in [2.45, 2.75) is 31.2 Å². The van der Waals surface area contributed by atoms with E-state index in [4.69, 9.17) is 5.11 Å². The molecule has 1 rings (SSSR count). The van der Waals surface area contributed by atoms with Gasteiger partial charge in [0.05, 0.1) is 24.8 Å². The molecule has 1 fully saturated rings. The van der Waals surface area contributed by atoms with Crippen LogP contribution in [0.25, 0.3) is 0 Å². The number of piperidine rings is 1. The number of aliphatic hydroxyl groups is 3. The Labute approximate surface area is 81.9 Å². The summed E-state index contributed by atoms with van der Waals surface area (Å²) in [5.41, 5.74) is 0. The molecule has 1 aliphatic heterocycles. The van der Waals surface area contributed by atoms with Gasteiger partial charge < -0.3 is 26.0 Å². The lowest BCUT2D eigenvalue weighted by Gasteiger charge is -2.37. The fraction of sp³-hybridized carbons (Fsp3) is 0.875. The van der Waals surface area contributed by atoms with Crippen LogP contribution in [-0.2, 0) is 4.79 Å². The Kier molecular flexibility index (Phi) is 3.82. The van der Waals surface area contributed by atoms with Crippen molar-refractivity contribution < 1.29 is 20.1 Å². The maximum atomic E-state index is 10.7. The average molecular weight is 204 g/mol. The van der Waals surface area contributed by atoms with E-state index >= 15 is 0 Å². The monoisotopic (exact) mass is 204 g/mol. The van der Waals surface area contributed by atoms with E-state index in [0.29, 0.717) is 6.54 Å². The van der Waals surface area contributed by atoms with Crippen molar-refractivity contribution in [1.29, 1.82) is 0 Å². The van der Waals surface area contributed by atoms with E-state index in [1.165, 1.54) is 6.92 Å². The van der Waals surface area contributed by atoms with E-state index in [2.05, 4.69) is 10.6 Å². The third kappa shape index (κ3) is 2.42. The molecule has 14 heavy (non-hydrogen) atoms. The van der Waals surface area contributed by atoms with Crippen LogP contribution in [-0.4, -0.2) is 58.7 Å². The molecule has 0 aromatic heterocycles. The molecule has 6 heteroatoms. The summed E-state index contributed by atoms with van der Waals surface area (Å²) in [7, 11) is 0. The molecule has 0 unspecified atom stereocenters. The molecule has 82 valence electrons. The molecule has 5 N–H and O–H groups in total. The van der Waals surface area contributed by atoms with Crippen LogP contribution in [0.5, 0.6) is 0 Å². The van der Waals surface area contributed by atoms with E-state index in [1.807, 2.05) is 0 Å². The first kappa shape index (κ1) is 11.4. The summed E-state index contributed by atoms with van der Waals surface area (Å²) in [6.07, 6.45) is -2.11. The average Bonchev–Trinajstić information content (AvgIpc) is 2.13. The minimum atomic E-state index is -1.06. The molecule has 0 aromatic rings. The number of rotatable bonds is 2. The third-order valence-electron chi connectivity index (χ3n) is 2.36. The Bertz CT molecular complexity index is 212. The Morgan fingerprint density at radius 1 is 1.50 bits per heavy atom. The summed E-state index contributed by atoms with van der Waals surface area (Å²) in [4.78, 5) is 10.7. The summed E-state index contributed by atoms with van der Waals surface area (Å²) in [5.74, 6) is -0.259. The summed E-state index contributed by atoms with van der Waals surface area (Å²) in [6.45, 7) is 1.44. The van der Waals surface area contributed by atoms with E-state index in [1.54, 1.807) is 0 Å². The van der Waals surface area contributed by atoms with Crippen molar-refractivity contribution in [2.24, 2.45) is 0 Å². The summed E-state index contributed by atoms with van der Waals surface area (Å²) < 4.78 is 0. The Balaban J connectivity index is 2.54. The molecule has 0 radical (unpaired) electrons. The smallest absolute Gasteiger partial charge is 0.217 e. The van der Waals surface area contributed by atoms with Gasteiger partial charge in [0.1, 0.15) is 6.10 Å². The van der Waals surface area contributed by atoms with Gasteiger partial charge in [0, 0.05) is 13.5 Å².